The van der Waals surface area contributed by atoms with Gasteiger partial charge in [0.1, 0.15) is 0 Å². The van der Waals surface area contributed by atoms with Gasteiger partial charge < -0.3 is 0 Å². The monoisotopic (exact) mass is 297 g/mol. The Kier molecular flexibility index (Phi) is 3.73. The maximum Gasteiger partial charge on any atom is 0.268 e. The molecule has 3 rings (SSSR count). The zero-order chi connectivity index (χ0) is 15.7. The van der Waals surface area contributed by atoms with E-state index in [1.54, 1.807) is 17.1 Å². The lowest BCUT2D eigenvalue weighted by Gasteiger charge is -2.41. The first-order valence-electron chi connectivity index (χ1n) is 7.20. The average Bonchev–Trinajstić information content (AvgIpc) is 2.91. The number of hydrogen-bond acceptors (Lipinski definition) is 5. The molecule has 1 aromatic rings. The van der Waals surface area contributed by atoms with Gasteiger partial charge in [-0.2, -0.15) is 5.26 Å². The highest BCUT2D eigenvalue weighted by molar-refractivity contribution is 6.27. The Morgan fingerprint density at radius 1 is 1.32 bits per heavy atom. The van der Waals surface area contributed by atoms with E-state index >= 15 is 0 Å². The van der Waals surface area contributed by atoms with Gasteiger partial charge in [0.15, 0.2) is 6.29 Å². The molecule has 22 heavy (non-hydrogen) atoms. The van der Waals surface area contributed by atoms with Crippen LogP contribution in [-0.2, 0) is 16.1 Å². The SMILES string of the molecule is N#CC1CCC(C(=O)C=O)N(N2Cc3ccccc3C2=O)C1. The van der Waals surface area contributed by atoms with Gasteiger partial charge in [-0.15, -0.1) is 0 Å². The smallest absolute Gasteiger partial charge is 0.268 e. The van der Waals surface area contributed by atoms with Crippen LogP contribution in [0.2, 0.25) is 0 Å². The molecule has 2 heterocycles. The maximum absolute atomic E-state index is 12.5. The molecule has 0 radical (unpaired) electrons. The van der Waals surface area contributed by atoms with E-state index in [4.69, 9.17) is 5.26 Å². The summed E-state index contributed by atoms with van der Waals surface area (Å²) in [6.45, 7) is 0.663. The van der Waals surface area contributed by atoms with Crippen LogP contribution in [0, 0.1) is 17.2 Å². The van der Waals surface area contributed by atoms with Crippen molar-refractivity contribution < 1.29 is 14.4 Å². The van der Waals surface area contributed by atoms with E-state index in [0.29, 0.717) is 37.8 Å². The number of hydrazine groups is 1. The molecule has 0 spiro atoms. The van der Waals surface area contributed by atoms with Crippen molar-refractivity contribution in [1.29, 1.82) is 5.26 Å². The van der Waals surface area contributed by atoms with Crippen LogP contribution in [0.1, 0.15) is 28.8 Å². The zero-order valence-electron chi connectivity index (χ0n) is 11.9. The number of aldehydes is 1. The van der Waals surface area contributed by atoms with Crippen molar-refractivity contribution in [2.45, 2.75) is 25.4 Å². The average molecular weight is 297 g/mol. The number of ketones is 1. The van der Waals surface area contributed by atoms with E-state index in [9.17, 15) is 14.4 Å². The van der Waals surface area contributed by atoms with Crippen LogP contribution in [0.5, 0.6) is 0 Å². The summed E-state index contributed by atoms with van der Waals surface area (Å²) in [7, 11) is 0. The molecule has 2 unspecified atom stereocenters. The molecule has 2 aliphatic heterocycles. The molecule has 0 saturated carbocycles. The number of carbonyl (C=O) groups excluding carboxylic acids is 3. The van der Waals surface area contributed by atoms with Crippen molar-refractivity contribution in [2.24, 2.45) is 5.92 Å². The molecule has 0 N–H and O–H groups in total. The number of amides is 1. The first kappa shape index (κ1) is 14.4. The van der Waals surface area contributed by atoms with Gasteiger partial charge in [-0.05, 0) is 24.5 Å². The normalized spacial score (nSPS) is 24.7. The maximum atomic E-state index is 12.5. The summed E-state index contributed by atoms with van der Waals surface area (Å²) in [5.41, 5.74) is 1.50. The van der Waals surface area contributed by atoms with E-state index in [0.717, 1.165) is 5.56 Å². The van der Waals surface area contributed by atoms with Gasteiger partial charge in [0, 0.05) is 12.1 Å². The Balaban J connectivity index is 1.90. The second-order valence-corrected chi connectivity index (χ2v) is 5.58. The fourth-order valence-electron chi connectivity index (χ4n) is 3.14. The summed E-state index contributed by atoms with van der Waals surface area (Å²) in [6.07, 6.45) is 1.28. The largest absolute Gasteiger partial charge is 0.295 e. The Bertz CT molecular complexity index is 679. The van der Waals surface area contributed by atoms with Crippen molar-refractivity contribution in [3.05, 3.63) is 35.4 Å². The molecule has 6 heteroatoms. The summed E-state index contributed by atoms with van der Waals surface area (Å²) in [4.78, 5) is 35.3. The van der Waals surface area contributed by atoms with E-state index in [1.165, 1.54) is 5.01 Å². The number of carbonyl (C=O) groups is 3. The third kappa shape index (κ3) is 2.30. The van der Waals surface area contributed by atoms with Crippen molar-refractivity contribution in [3.63, 3.8) is 0 Å². The summed E-state index contributed by atoms with van der Waals surface area (Å²) >= 11 is 0. The van der Waals surface area contributed by atoms with Crippen LogP contribution in [0.25, 0.3) is 0 Å². The topological polar surface area (TPSA) is 81.5 Å². The Morgan fingerprint density at radius 3 is 2.77 bits per heavy atom. The number of benzene rings is 1. The standard InChI is InChI=1S/C16H15N3O3/c17-7-11-5-6-14(15(21)10-20)18(8-11)19-9-12-3-1-2-4-13(12)16(19)22/h1-4,10-11,14H,5-6,8-9H2. The highest BCUT2D eigenvalue weighted by Crippen LogP contribution is 2.30. The summed E-state index contributed by atoms with van der Waals surface area (Å²) in [6, 6.07) is 8.81. The van der Waals surface area contributed by atoms with Gasteiger partial charge in [-0.1, -0.05) is 18.2 Å². The number of nitrogens with zero attached hydrogens (tertiary/aromatic N) is 3. The van der Waals surface area contributed by atoms with Crippen molar-refractivity contribution >= 4 is 18.0 Å². The Morgan fingerprint density at radius 2 is 2.09 bits per heavy atom. The van der Waals surface area contributed by atoms with Gasteiger partial charge in [0.05, 0.1) is 24.6 Å². The van der Waals surface area contributed by atoms with Crippen molar-refractivity contribution in [1.82, 2.24) is 10.0 Å². The predicted octanol–water partition coefficient (Wildman–Crippen LogP) is 0.930. The van der Waals surface area contributed by atoms with Crippen LogP contribution in [0.15, 0.2) is 24.3 Å². The predicted molar refractivity (Wildman–Crippen MR) is 76.2 cm³/mol. The molecular weight excluding hydrogens is 282 g/mol. The highest BCUT2D eigenvalue weighted by atomic mass is 16.2. The minimum Gasteiger partial charge on any atom is -0.295 e. The lowest BCUT2D eigenvalue weighted by atomic mass is 9.93. The van der Waals surface area contributed by atoms with Crippen LogP contribution in [0.4, 0.5) is 0 Å². The second-order valence-electron chi connectivity index (χ2n) is 5.58. The molecule has 1 aromatic carbocycles. The van der Waals surface area contributed by atoms with Crippen molar-refractivity contribution in [2.75, 3.05) is 6.54 Å². The van der Waals surface area contributed by atoms with Gasteiger partial charge in [0.2, 0.25) is 5.78 Å². The minimum absolute atomic E-state index is 0.183. The van der Waals surface area contributed by atoms with Gasteiger partial charge in [-0.3, -0.25) is 19.4 Å². The highest BCUT2D eigenvalue weighted by Gasteiger charge is 2.41. The number of rotatable bonds is 3. The number of piperidine rings is 1. The number of hydrogen-bond donors (Lipinski definition) is 0. The zero-order valence-corrected chi connectivity index (χ0v) is 11.9. The first-order chi connectivity index (χ1) is 10.7. The molecule has 6 nitrogen and oxygen atoms in total. The third-order valence-corrected chi connectivity index (χ3v) is 4.30. The summed E-state index contributed by atoms with van der Waals surface area (Å²) < 4.78 is 0. The van der Waals surface area contributed by atoms with Crippen LogP contribution >= 0.6 is 0 Å². The molecular formula is C16H15N3O3. The Labute approximate surface area is 127 Å². The van der Waals surface area contributed by atoms with Gasteiger partial charge >= 0.3 is 0 Å². The van der Waals surface area contributed by atoms with Gasteiger partial charge in [-0.25, -0.2) is 5.01 Å². The van der Waals surface area contributed by atoms with Crippen LogP contribution in [-0.4, -0.2) is 40.6 Å². The molecule has 112 valence electrons. The lowest BCUT2D eigenvalue weighted by molar-refractivity contribution is -0.141. The summed E-state index contributed by atoms with van der Waals surface area (Å²) in [5, 5.41) is 12.2. The summed E-state index contributed by atoms with van der Waals surface area (Å²) in [5.74, 6) is -0.967. The van der Waals surface area contributed by atoms with Gasteiger partial charge in [0.25, 0.3) is 5.91 Å². The molecule has 0 aliphatic carbocycles. The molecule has 0 aromatic heterocycles. The quantitative estimate of drug-likeness (QED) is 0.612. The molecule has 1 amide bonds. The molecule has 2 aliphatic rings. The second kappa shape index (κ2) is 5.70. The first-order valence-corrected chi connectivity index (χ1v) is 7.20. The molecule has 2 atom stereocenters. The number of nitriles is 1. The minimum atomic E-state index is -0.652. The lowest BCUT2D eigenvalue weighted by Crippen LogP contribution is -2.56. The number of Topliss-reactive ketones (excluding diaryl/α,β-unsaturated/α-hetero) is 1. The van der Waals surface area contributed by atoms with Crippen molar-refractivity contribution in [3.8, 4) is 6.07 Å². The van der Waals surface area contributed by atoms with Crippen LogP contribution < -0.4 is 0 Å². The van der Waals surface area contributed by atoms with E-state index < -0.39 is 11.8 Å². The van der Waals surface area contributed by atoms with E-state index in [2.05, 4.69) is 6.07 Å². The Hall–Kier alpha value is -2.52. The van der Waals surface area contributed by atoms with E-state index in [1.807, 2.05) is 12.1 Å². The third-order valence-electron chi connectivity index (χ3n) is 4.30. The molecule has 1 fully saturated rings. The molecule has 0 bridgehead atoms. The van der Waals surface area contributed by atoms with Crippen LogP contribution in [0.3, 0.4) is 0 Å². The number of fused-ring (bicyclic) bond motifs is 1. The fraction of sp³-hybridized carbons (Fsp3) is 0.375. The van der Waals surface area contributed by atoms with E-state index in [-0.39, 0.29) is 11.8 Å². The fourth-order valence-corrected chi connectivity index (χ4v) is 3.14. The molecule has 1 saturated heterocycles.